The maximum atomic E-state index is 12.9. The first-order chi connectivity index (χ1) is 16.4. The molecule has 9 heteroatoms. The Morgan fingerprint density at radius 2 is 1.85 bits per heavy atom. The van der Waals surface area contributed by atoms with Crippen molar-refractivity contribution in [3.05, 3.63) is 89.4 Å². The number of rotatable bonds is 7. The highest BCUT2D eigenvalue weighted by Crippen LogP contribution is 2.20. The summed E-state index contributed by atoms with van der Waals surface area (Å²) >= 11 is 0. The van der Waals surface area contributed by atoms with Crippen LogP contribution in [-0.4, -0.2) is 44.9 Å². The summed E-state index contributed by atoms with van der Waals surface area (Å²) < 4.78 is 1.69. The number of imide groups is 1. The topological polar surface area (TPSA) is 121 Å². The van der Waals surface area contributed by atoms with Crippen molar-refractivity contribution < 1.29 is 24.3 Å². The largest absolute Gasteiger partial charge is 0.478 e. The molecule has 4 amide bonds. The Bertz CT molecular complexity index is 1320. The lowest BCUT2D eigenvalue weighted by atomic mass is 10.1. The molecule has 2 aromatic carbocycles. The third-order valence-electron chi connectivity index (χ3n) is 5.38. The Morgan fingerprint density at radius 3 is 2.62 bits per heavy atom. The molecule has 1 aliphatic rings. The average Bonchev–Trinajstić information content (AvgIpc) is 3.39. The van der Waals surface area contributed by atoms with Crippen LogP contribution in [0.15, 0.2) is 72.6 Å². The van der Waals surface area contributed by atoms with Crippen LogP contribution in [-0.2, 0) is 16.0 Å². The van der Waals surface area contributed by atoms with E-state index in [9.17, 15) is 24.3 Å². The smallest absolute Gasteiger partial charge is 0.335 e. The van der Waals surface area contributed by atoms with Gasteiger partial charge in [0.15, 0.2) is 0 Å². The van der Waals surface area contributed by atoms with Gasteiger partial charge in [0, 0.05) is 23.3 Å². The Balaban J connectivity index is 1.52. The van der Waals surface area contributed by atoms with Gasteiger partial charge in [-0.2, -0.15) is 0 Å². The minimum atomic E-state index is -1.05. The number of aromatic nitrogens is 1. The second kappa shape index (κ2) is 9.45. The molecule has 172 valence electrons. The van der Waals surface area contributed by atoms with E-state index in [1.807, 2.05) is 19.1 Å². The molecule has 0 radical (unpaired) electrons. The van der Waals surface area contributed by atoms with Crippen LogP contribution in [0.3, 0.4) is 0 Å². The first kappa shape index (κ1) is 22.5. The van der Waals surface area contributed by atoms with Gasteiger partial charge in [-0.3, -0.25) is 9.59 Å². The molecule has 0 saturated carbocycles. The van der Waals surface area contributed by atoms with Crippen LogP contribution in [0.2, 0.25) is 0 Å². The molecule has 9 nitrogen and oxygen atoms in total. The van der Waals surface area contributed by atoms with Gasteiger partial charge < -0.3 is 20.3 Å². The highest BCUT2D eigenvalue weighted by molar-refractivity contribution is 6.15. The van der Waals surface area contributed by atoms with Crippen LogP contribution in [0, 0.1) is 0 Å². The summed E-state index contributed by atoms with van der Waals surface area (Å²) in [6.07, 6.45) is 3.92. The molecular weight excluding hydrogens is 436 g/mol. The van der Waals surface area contributed by atoms with Crippen molar-refractivity contribution in [1.82, 2.24) is 14.8 Å². The standard InChI is InChI=1S/C25H22N4O5/c1-2-16-7-3-4-11-20(16)26-22(30)15-29-23(31)21(27-25(29)34)14-19-10-6-12-28(19)18-9-5-8-17(13-18)24(32)33/h3-14H,2,15H2,1H3,(H,26,30)(H,27,34)(H,32,33)/b21-14+. The number of anilines is 1. The van der Waals surface area contributed by atoms with E-state index in [1.54, 1.807) is 47.2 Å². The number of carboxylic acid groups (broad SMARTS) is 1. The number of para-hydroxylation sites is 1. The van der Waals surface area contributed by atoms with E-state index >= 15 is 0 Å². The van der Waals surface area contributed by atoms with Crippen molar-refractivity contribution >= 4 is 35.6 Å². The fourth-order valence-electron chi connectivity index (χ4n) is 3.68. The lowest BCUT2D eigenvalue weighted by Gasteiger charge is -2.13. The number of hydrogen-bond donors (Lipinski definition) is 3. The molecule has 1 aliphatic heterocycles. The minimum Gasteiger partial charge on any atom is -0.478 e. The molecule has 34 heavy (non-hydrogen) atoms. The Labute approximate surface area is 195 Å². The molecule has 3 N–H and O–H groups in total. The van der Waals surface area contributed by atoms with Gasteiger partial charge in [-0.05, 0) is 54.5 Å². The predicted octanol–water partition coefficient (Wildman–Crippen LogP) is 3.27. The summed E-state index contributed by atoms with van der Waals surface area (Å²) in [6.45, 7) is 1.54. The molecule has 0 aliphatic carbocycles. The maximum absolute atomic E-state index is 12.9. The molecule has 3 aromatic rings. The summed E-state index contributed by atoms with van der Waals surface area (Å²) in [7, 11) is 0. The van der Waals surface area contributed by atoms with Gasteiger partial charge >= 0.3 is 12.0 Å². The monoisotopic (exact) mass is 458 g/mol. The number of carbonyl (C=O) groups excluding carboxylic acids is 3. The number of aryl methyl sites for hydroxylation is 1. The molecule has 4 rings (SSSR count). The van der Waals surface area contributed by atoms with E-state index in [0.717, 1.165) is 16.9 Å². The highest BCUT2D eigenvalue weighted by atomic mass is 16.4. The summed E-state index contributed by atoms with van der Waals surface area (Å²) in [4.78, 5) is 49.9. The van der Waals surface area contributed by atoms with Crippen molar-refractivity contribution in [1.29, 1.82) is 0 Å². The fourth-order valence-corrected chi connectivity index (χ4v) is 3.68. The van der Waals surface area contributed by atoms with Crippen LogP contribution < -0.4 is 10.6 Å². The number of carboxylic acids is 1. The number of amides is 4. The van der Waals surface area contributed by atoms with E-state index in [-0.39, 0.29) is 11.3 Å². The van der Waals surface area contributed by atoms with Crippen molar-refractivity contribution in [3.63, 3.8) is 0 Å². The maximum Gasteiger partial charge on any atom is 0.335 e. The number of hydrogen-bond acceptors (Lipinski definition) is 4. The predicted molar refractivity (Wildman–Crippen MR) is 125 cm³/mol. The quantitative estimate of drug-likeness (QED) is 0.371. The van der Waals surface area contributed by atoms with Crippen LogP contribution in [0.5, 0.6) is 0 Å². The first-order valence-corrected chi connectivity index (χ1v) is 10.6. The third kappa shape index (κ3) is 4.58. The van der Waals surface area contributed by atoms with E-state index in [0.29, 0.717) is 17.1 Å². The SMILES string of the molecule is CCc1ccccc1NC(=O)CN1C(=O)N/C(=C/c2cccn2-c2cccc(C(=O)O)c2)C1=O. The van der Waals surface area contributed by atoms with Crippen LogP contribution >= 0.6 is 0 Å². The van der Waals surface area contributed by atoms with Gasteiger partial charge in [-0.25, -0.2) is 14.5 Å². The molecule has 1 aromatic heterocycles. The molecule has 0 atom stereocenters. The number of nitrogens with zero attached hydrogens (tertiary/aromatic N) is 2. The second-order valence-electron chi connectivity index (χ2n) is 7.60. The van der Waals surface area contributed by atoms with Crippen LogP contribution in [0.1, 0.15) is 28.5 Å². The molecule has 1 saturated heterocycles. The second-order valence-corrected chi connectivity index (χ2v) is 7.60. The number of urea groups is 1. The molecule has 1 fully saturated rings. The molecule has 2 heterocycles. The van der Waals surface area contributed by atoms with Gasteiger partial charge in [-0.1, -0.05) is 31.2 Å². The van der Waals surface area contributed by atoms with Gasteiger partial charge in [0.2, 0.25) is 5.91 Å². The van der Waals surface area contributed by atoms with Gasteiger partial charge in [0.25, 0.3) is 5.91 Å². The highest BCUT2D eigenvalue weighted by Gasteiger charge is 2.35. The lowest BCUT2D eigenvalue weighted by Crippen LogP contribution is -2.38. The van der Waals surface area contributed by atoms with Crippen molar-refractivity contribution in [2.24, 2.45) is 0 Å². The zero-order valence-corrected chi connectivity index (χ0v) is 18.3. The number of benzene rings is 2. The summed E-state index contributed by atoms with van der Waals surface area (Å²) in [5.74, 6) is -2.17. The van der Waals surface area contributed by atoms with Gasteiger partial charge in [0.05, 0.1) is 5.56 Å². The van der Waals surface area contributed by atoms with E-state index < -0.39 is 30.4 Å². The van der Waals surface area contributed by atoms with Crippen LogP contribution in [0.25, 0.3) is 11.8 Å². The van der Waals surface area contributed by atoms with E-state index in [4.69, 9.17) is 0 Å². The van der Waals surface area contributed by atoms with E-state index in [1.165, 1.54) is 18.2 Å². The van der Waals surface area contributed by atoms with Crippen molar-refractivity contribution in [3.8, 4) is 5.69 Å². The third-order valence-corrected chi connectivity index (χ3v) is 5.38. The molecule has 0 unspecified atom stereocenters. The molecule has 0 bridgehead atoms. The van der Waals surface area contributed by atoms with Crippen molar-refractivity contribution in [2.75, 3.05) is 11.9 Å². The van der Waals surface area contributed by atoms with E-state index in [2.05, 4.69) is 10.6 Å². The minimum absolute atomic E-state index is 0.0149. The average molecular weight is 458 g/mol. The number of aromatic carboxylic acids is 1. The lowest BCUT2D eigenvalue weighted by molar-refractivity contribution is -0.127. The Kier molecular flexibility index (Phi) is 6.26. The molecule has 0 spiro atoms. The summed E-state index contributed by atoms with van der Waals surface area (Å²) in [6, 6.07) is 16.4. The number of carbonyl (C=O) groups is 4. The number of nitrogens with one attached hydrogen (secondary N) is 2. The molecular formula is C25H22N4O5. The van der Waals surface area contributed by atoms with Gasteiger partial charge in [0.1, 0.15) is 12.2 Å². The van der Waals surface area contributed by atoms with Crippen molar-refractivity contribution in [2.45, 2.75) is 13.3 Å². The summed E-state index contributed by atoms with van der Waals surface area (Å²) in [5.41, 5.74) is 2.85. The normalized spacial score (nSPS) is 14.4. The Hall–Kier alpha value is -4.66. The fraction of sp³-hybridized carbons (Fsp3) is 0.120. The van der Waals surface area contributed by atoms with Crippen LogP contribution in [0.4, 0.5) is 10.5 Å². The first-order valence-electron chi connectivity index (χ1n) is 10.6. The van der Waals surface area contributed by atoms with Gasteiger partial charge in [-0.15, -0.1) is 0 Å². The zero-order valence-electron chi connectivity index (χ0n) is 18.3. The Morgan fingerprint density at radius 1 is 1.06 bits per heavy atom. The zero-order chi connectivity index (χ0) is 24.2. The summed E-state index contributed by atoms with van der Waals surface area (Å²) in [5, 5.41) is 14.5.